The predicted octanol–water partition coefficient (Wildman–Crippen LogP) is 3.28. The van der Waals surface area contributed by atoms with Crippen molar-refractivity contribution in [1.29, 1.82) is 0 Å². The van der Waals surface area contributed by atoms with Gasteiger partial charge in [0.25, 0.3) is 0 Å². The molecule has 2 N–H and O–H groups in total. The standard InChI is InChI=1S/C14H22N2/c1-10-7-8-13(11(2)16-10)14(15)9-12-5-3-4-6-12/h7-8,12,14H,3-6,9,15H2,1-2H3. The fourth-order valence-corrected chi connectivity index (χ4v) is 2.82. The molecule has 1 atom stereocenters. The summed E-state index contributed by atoms with van der Waals surface area (Å²) >= 11 is 0. The van der Waals surface area contributed by atoms with Crippen LogP contribution in [0.2, 0.25) is 0 Å². The Kier molecular flexibility index (Phi) is 3.59. The lowest BCUT2D eigenvalue weighted by Crippen LogP contribution is -2.16. The predicted molar refractivity (Wildman–Crippen MR) is 67.2 cm³/mol. The third kappa shape index (κ3) is 2.62. The summed E-state index contributed by atoms with van der Waals surface area (Å²) in [4.78, 5) is 4.49. The van der Waals surface area contributed by atoms with Crippen molar-refractivity contribution in [1.82, 2.24) is 4.98 Å². The molecule has 2 rings (SSSR count). The molecule has 1 aliphatic carbocycles. The lowest BCUT2D eigenvalue weighted by molar-refractivity contribution is 0.449. The molecule has 0 aromatic carbocycles. The molecule has 2 nitrogen and oxygen atoms in total. The Balaban J connectivity index is 2.04. The van der Waals surface area contributed by atoms with Crippen LogP contribution in [0.1, 0.15) is 55.1 Å². The van der Waals surface area contributed by atoms with Crippen LogP contribution in [0.25, 0.3) is 0 Å². The van der Waals surface area contributed by atoms with Gasteiger partial charge in [-0.25, -0.2) is 0 Å². The van der Waals surface area contributed by atoms with Gasteiger partial charge in [-0.05, 0) is 37.8 Å². The monoisotopic (exact) mass is 218 g/mol. The van der Waals surface area contributed by atoms with E-state index in [4.69, 9.17) is 5.73 Å². The highest BCUT2D eigenvalue weighted by Crippen LogP contribution is 2.32. The van der Waals surface area contributed by atoms with Gasteiger partial charge in [0.15, 0.2) is 0 Å². The molecule has 0 radical (unpaired) electrons. The second-order valence-electron chi connectivity index (χ2n) is 5.12. The van der Waals surface area contributed by atoms with Crippen molar-refractivity contribution >= 4 is 0 Å². The van der Waals surface area contributed by atoms with Crippen molar-refractivity contribution in [2.75, 3.05) is 0 Å². The van der Waals surface area contributed by atoms with E-state index < -0.39 is 0 Å². The molecule has 1 heterocycles. The number of pyridine rings is 1. The number of rotatable bonds is 3. The van der Waals surface area contributed by atoms with E-state index in [2.05, 4.69) is 24.0 Å². The van der Waals surface area contributed by atoms with E-state index in [9.17, 15) is 0 Å². The molecule has 0 aliphatic heterocycles. The first-order chi connectivity index (χ1) is 7.66. The van der Waals surface area contributed by atoms with Gasteiger partial charge < -0.3 is 5.73 Å². The molecular formula is C14H22N2. The third-order valence-corrected chi connectivity index (χ3v) is 3.73. The number of aryl methyl sites for hydroxylation is 2. The summed E-state index contributed by atoms with van der Waals surface area (Å²) in [5, 5.41) is 0. The molecule has 16 heavy (non-hydrogen) atoms. The molecule has 1 unspecified atom stereocenters. The van der Waals surface area contributed by atoms with E-state index in [-0.39, 0.29) is 6.04 Å². The molecule has 1 aromatic heterocycles. The van der Waals surface area contributed by atoms with Crippen LogP contribution in [0, 0.1) is 19.8 Å². The number of aromatic nitrogens is 1. The minimum absolute atomic E-state index is 0.177. The smallest absolute Gasteiger partial charge is 0.0423 e. The van der Waals surface area contributed by atoms with Crippen molar-refractivity contribution in [2.45, 2.75) is 52.0 Å². The first-order valence-electron chi connectivity index (χ1n) is 6.36. The van der Waals surface area contributed by atoms with Gasteiger partial charge in [-0.3, -0.25) is 4.98 Å². The average Bonchev–Trinajstić information content (AvgIpc) is 2.70. The molecule has 0 spiro atoms. The van der Waals surface area contributed by atoms with Gasteiger partial charge in [0, 0.05) is 17.4 Å². The Morgan fingerprint density at radius 3 is 2.62 bits per heavy atom. The summed E-state index contributed by atoms with van der Waals surface area (Å²) in [5.41, 5.74) is 9.70. The minimum atomic E-state index is 0.177. The molecule has 88 valence electrons. The molecule has 2 heteroatoms. The molecule has 1 saturated carbocycles. The maximum atomic E-state index is 6.29. The van der Waals surface area contributed by atoms with Crippen molar-refractivity contribution in [2.24, 2.45) is 11.7 Å². The summed E-state index contributed by atoms with van der Waals surface area (Å²) in [6.07, 6.45) is 6.65. The first kappa shape index (κ1) is 11.6. The first-order valence-corrected chi connectivity index (χ1v) is 6.36. The Morgan fingerprint density at radius 1 is 1.31 bits per heavy atom. The van der Waals surface area contributed by atoms with Gasteiger partial charge >= 0.3 is 0 Å². The average molecular weight is 218 g/mol. The van der Waals surface area contributed by atoms with Crippen LogP contribution in [0.15, 0.2) is 12.1 Å². The van der Waals surface area contributed by atoms with Gasteiger partial charge in [-0.1, -0.05) is 31.7 Å². The summed E-state index contributed by atoms with van der Waals surface area (Å²) < 4.78 is 0. The van der Waals surface area contributed by atoms with Crippen LogP contribution < -0.4 is 5.73 Å². The normalized spacial score (nSPS) is 18.9. The molecule has 0 amide bonds. The Bertz CT molecular complexity index is 354. The highest BCUT2D eigenvalue weighted by molar-refractivity contribution is 5.24. The van der Waals surface area contributed by atoms with Crippen LogP contribution in [0.4, 0.5) is 0 Å². The minimum Gasteiger partial charge on any atom is -0.324 e. The maximum absolute atomic E-state index is 6.29. The molecule has 1 aromatic rings. The SMILES string of the molecule is Cc1ccc(C(N)CC2CCCC2)c(C)n1. The molecule has 1 aliphatic rings. The summed E-state index contributed by atoms with van der Waals surface area (Å²) in [6, 6.07) is 4.39. The summed E-state index contributed by atoms with van der Waals surface area (Å²) in [7, 11) is 0. The second-order valence-corrected chi connectivity index (χ2v) is 5.12. The molecule has 0 saturated heterocycles. The van der Waals surface area contributed by atoms with Gasteiger partial charge in [0.2, 0.25) is 0 Å². The van der Waals surface area contributed by atoms with Crippen molar-refractivity contribution in [3.63, 3.8) is 0 Å². The number of nitrogens with two attached hydrogens (primary N) is 1. The van der Waals surface area contributed by atoms with E-state index in [1.807, 2.05) is 6.92 Å². The fraction of sp³-hybridized carbons (Fsp3) is 0.643. The molecule has 0 bridgehead atoms. The van der Waals surface area contributed by atoms with Crippen LogP contribution in [-0.4, -0.2) is 4.98 Å². The molecule has 1 fully saturated rings. The largest absolute Gasteiger partial charge is 0.324 e. The Labute approximate surface area is 98.3 Å². The Hall–Kier alpha value is -0.890. The van der Waals surface area contributed by atoms with E-state index in [0.29, 0.717) is 0 Å². The van der Waals surface area contributed by atoms with Crippen molar-refractivity contribution in [3.8, 4) is 0 Å². The van der Waals surface area contributed by atoms with Gasteiger partial charge in [-0.15, -0.1) is 0 Å². The van der Waals surface area contributed by atoms with Crippen LogP contribution >= 0.6 is 0 Å². The third-order valence-electron chi connectivity index (χ3n) is 3.73. The van der Waals surface area contributed by atoms with E-state index in [1.54, 1.807) is 0 Å². The highest BCUT2D eigenvalue weighted by atomic mass is 14.7. The highest BCUT2D eigenvalue weighted by Gasteiger charge is 2.20. The van der Waals surface area contributed by atoms with Crippen LogP contribution in [0.3, 0.4) is 0 Å². The van der Waals surface area contributed by atoms with Gasteiger partial charge in [0.1, 0.15) is 0 Å². The lowest BCUT2D eigenvalue weighted by Gasteiger charge is -2.18. The quantitative estimate of drug-likeness (QED) is 0.845. The van der Waals surface area contributed by atoms with E-state index in [0.717, 1.165) is 23.7 Å². The zero-order valence-electron chi connectivity index (χ0n) is 10.4. The van der Waals surface area contributed by atoms with Crippen LogP contribution in [-0.2, 0) is 0 Å². The number of nitrogens with zero attached hydrogens (tertiary/aromatic N) is 1. The summed E-state index contributed by atoms with van der Waals surface area (Å²) in [6.45, 7) is 4.09. The maximum Gasteiger partial charge on any atom is 0.0423 e. The zero-order valence-corrected chi connectivity index (χ0v) is 10.4. The lowest BCUT2D eigenvalue weighted by atomic mass is 9.93. The zero-order chi connectivity index (χ0) is 11.5. The van der Waals surface area contributed by atoms with Crippen molar-refractivity contribution < 1.29 is 0 Å². The van der Waals surface area contributed by atoms with E-state index >= 15 is 0 Å². The Morgan fingerprint density at radius 2 is 2.00 bits per heavy atom. The second kappa shape index (κ2) is 4.96. The number of hydrogen-bond acceptors (Lipinski definition) is 2. The molecular weight excluding hydrogens is 196 g/mol. The van der Waals surface area contributed by atoms with Crippen molar-refractivity contribution in [3.05, 3.63) is 29.1 Å². The fourth-order valence-electron chi connectivity index (χ4n) is 2.82. The van der Waals surface area contributed by atoms with Crippen LogP contribution in [0.5, 0.6) is 0 Å². The topological polar surface area (TPSA) is 38.9 Å². The van der Waals surface area contributed by atoms with Gasteiger partial charge in [0.05, 0.1) is 0 Å². The summed E-state index contributed by atoms with van der Waals surface area (Å²) in [5.74, 6) is 0.843. The van der Waals surface area contributed by atoms with E-state index in [1.165, 1.54) is 31.2 Å². The van der Waals surface area contributed by atoms with Gasteiger partial charge in [-0.2, -0.15) is 0 Å². The number of hydrogen-bond donors (Lipinski definition) is 1.